The lowest BCUT2D eigenvalue weighted by atomic mass is 10.2. The number of pyridine rings is 1. The van der Waals surface area contributed by atoms with Crippen molar-refractivity contribution >= 4 is 22.2 Å². The normalized spacial score (nSPS) is 10.5. The fraction of sp³-hybridized carbons (Fsp3) is 0.125. The van der Waals surface area contributed by atoms with Gasteiger partial charge in [-0.1, -0.05) is 11.3 Å². The Labute approximate surface area is 132 Å². The van der Waals surface area contributed by atoms with E-state index in [4.69, 9.17) is 4.74 Å². The van der Waals surface area contributed by atoms with Gasteiger partial charge in [0.2, 0.25) is 0 Å². The van der Waals surface area contributed by atoms with Crippen LogP contribution in [-0.2, 0) is 6.61 Å². The van der Waals surface area contributed by atoms with Gasteiger partial charge in [0.1, 0.15) is 5.75 Å². The van der Waals surface area contributed by atoms with Crippen LogP contribution in [-0.4, -0.2) is 22.2 Å². The highest BCUT2D eigenvalue weighted by Crippen LogP contribution is 2.32. The molecule has 1 aromatic carbocycles. The molecule has 6 heteroatoms. The van der Waals surface area contributed by atoms with E-state index in [1.54, 1.807) is 19.5 Å². The lowest BCUT2D eigenvalue weighted by Gasteiger charge is -2.03. The van der Waals surface area contributed by atoms with Crippen LogP contribution in [0.3, 0.4) is 0 Å². The Hall–Kier alpha value is -2.44. The first kappa shape index (κ1) is 14.5. The zero-order valence-corrected chi connectivity index (χ0v) is 12.8. The molecule has 0 spiro atoms. The smallest absolute Gasteiger partial charge is 0.188 e. The molecule has 5 nitrogen and oxygen atoms in total. The molecule has 0 fully saturated rings. The minimum absolute atomic E-state index is 0.0420. The number of aliphatic hydroxyl groups excluding tert-OH is 1. The highest BCUT2D eigenvalue weighted by Gasteiger charge is 2.12. The molecule has 0 saturated heterocycles. The average molecular weight is 313 g/mol. The summed E-state index contributed by atoms with van der Waals surface area (Å²) >= 11 is 1.44. The van der Waals surface area contributed by atoms with Gasteiger partial charge >= 0.3 is 0 Å². The lowest BCUT2D eigenvalue weighted by Crippen LogP contribution is -1.90. The molecule has 0 aliphatic carbocycles. The summed E-state index contributed by atoms with van der Waals surface area (Å²) in [4.78, 5) is 9.40. The van der Waals surface area contributed by atoms with Gasteiger partial charge in [0, 0.05) is 23.6 Å². The molecule has 0 radical (unpaired) electrons. The van der Waals surface area contributed by atoms with Crippen molar-refractivity contribution < 1.29 is 9.84 Å². The van der Waals surface area contributed by atoms with Gasteiger partial charge < -0.3 is 15.2 Å². The topological polar surface area (TPSA) is 67.3 Å². The van der Waals surface area contributed by atoms with Crippen molar-refractivity contribution in [2.75, 3.05) is 12.4 Å². The fourth-order valence-corrected chi connectivity index (χ4v) is 2.91. The molecule has 3 rings (SSSR count). The van der Waals surface area contributed by atoms with Crippen LogP contribution in [0.15, 0.2) is 48.8 Å². The van der Waals surface area contributed by atoms with Crippen molar-refractivity contribution in [2.24, 2.45) is 0 Å². The summed E-state index contributed by atoms with van der Waals surface area (Å²) in [5.74, 6) is 0.804. The van der Waals surface area contributed by atoms with Crippen molar-refractivity contribution in [2.45, 2.75) is 6.61 Å². The second-order valence-electron chi connectivity index (χ2n) is 4.54. The van der Waals surface area contributed by atoms with Gasteiger partial charge in [0.15, 0.2) is 5.13 Å². The summed E-state index contributed by atoms with van der Waals surface area (Å²) in [7, 11) is 1.64. The molecule has 0 amide bonds. The van der Waals surface area contributed by atoms with Crippen LogP contribution in [0.1, 0.15) is 4.88 Å². The Kier molecular flexibility index (Phi) is 4.32. The number of benzene rings is 1. The Bertz CT molecular complexity index is 742. The predicted octanol–water partition coefficient (Wildman–Crippen LogP) is 3.45. The zero-order chi connectivity index (χ0) is 15.4. The molecule has 0 saturated carbocycles. The van der Waals surface area contributed by atoms with Crippen LogP contribution in [0.25, 0.3) is 11.3 Å². The first-order chi connectivity index (χ1) is 10.8. The van der Waals surface area contributed by atoms with E-state index in [9.17, 15) is 5.11 Å². The van der Waals surface area contributed by atoms with Crippen LogP contribution in [0.2, 0.25) is 0 Å². The van der Waals surface area contributed by atoms with Crippen LogP contribution in [0, 0.1) is 0 Å². The number of aliphatic hydroxyl groups is 1. The first-order valence-corrected chi connectivity index (χ1v) is 7.54. The number of nitrogens with zero attached hydrogens (tertiary/aromatic N) is 2. The standard InChI is InChI=1S/C16H15N3O2S/c1-21-13-4-2-12(3-5-13)18-16-19-15(14(10-20)22-16)11-6-8-17-9-7-11/h2-9,20H,10H2,1H3,(H,18,19). The molecule has 22 heavy (non-hydrogen) atoms. The highest BCUT2D eigenvalue weighted by molar-refractivity contribution is 7.16. The number of hydrogen-bond acceptors (Lipinski definition) is 6. The molecule has 0 aliphatic heterocycles. The second-order valence-corrected chi connectivity index (χ2v) is 5.62. The lowest BCUT2D eigenvalue weighted by molar-refractivity contribution is 0.286. The Morgan fingerprint density at radius 1 is 1.14 bits per heavy atom. The SMILES string of the molecule is COc1ccc(Nc2nc(-c3ccncc3)c(CO)s2)cc1. The maximum atomic E-state index is 9.54. The van der Waals surface area contributed by atoms with E-state index >= 15 is 0 Å². The van der Waals surface area contributed by atoms with Gasteiger partial charge in [-0.15, -0.1) is 0 Å². The van der Waals surface area contributed by atoms with Gasteiger partial charge in [0.05, 0.1) is 24.3 Å². The molecule has 0 aliphatic rings. The monoisotopic (exact) mass is 313 g/mol. The molecule has 0 atom stereocenters. The minimum Gasteiger partial charge on any atom is -0.497 e. The summed E-state index contributed by atoms with van der Waals surface area (Å²) in [6, 6.07) is 11.4. The summed E-state index contributed by atoms with van der Waals surface area (Å²) in [6.45, 7) is -0.0420. The second kappa shape index (κ2) is 6.55. The highest BCUT2D eigenvalue weighted by atomic mass is 32.1. The molecule has 2 N–H and O–H groups in total. The third-order valence-corrected chi connectivity index (χ3v) is 4.09. The molecular formula is C16H15N3O2S. The number of aromatic nitrogens is 2. The van der Waals surface area contributed by atoms with Crippen LogP contribution in [0.4, 0.5) is 10.8 Å². The van der Waals surface area contributed by atoms with Gasteiger partial charge in [0.25, 0.3) is 0 Å². The fourth-order valence-electron chi connectivity index (χ4n) is 2.05. The molecular weight excluding hydrogens is 298 g/mol. The van der Waals surface area contributed by atoms with Crippen molar-refractivity contribution in [1.82, 2.24) is 9.97 Å². The summed E-state index contributed by atoms with van der Waals surface area (Å²) in [6.07, 6.45) is 3.43. The van der Waals surface area contributed by atoms with Crippen molar-refractivity contribution in [3.8, 4) is 17.0 Å². The number of methoxy groups -OCH3 is 1. The molecule has 0 unspecified atom stereocenters. The maximum absolute atomic E-state index is 9.54. The predicted molar refractivity (Wildman–Crippen MR) is 87.5 cm³/mol. The van der Waals surface area contributed by atoms with Crippen LogP contribution in [0.5, 0.6) is 5.75 Å². The Balaban J connectivity index is 1.87. The van der Waals surface area contributed by atoms with E-state index in [0.717, 1.165) is 32.7 Å². The number of nitrogens with one attached hydrogen (secondary N) is 1. The maximum Gasteiger partial charge on any atom is 0.188 e. The van der Waals surface area contributed by atoms with Gasteiger partial charge in [-0.05, 0) is 36.4 Å². The van der Waals surface area contributed by atoms with Crippen molar-refractivity contribution in [3.63, 3.8) is 0 Å². The molecule has 2 aromatic heterocycles. The largest absolute Gasteiger partial charge is 0.497 e. The number of rotatable bonds is 5. The van der Waals surface area contributed by atoms with Gasteiger partial charge in [-0.2, -0.15) is 0 Å². The van der Waals surface area contributed by atoms with E-state index in [-0.39, 0.29) is 6.61 Å². The van der Waals surface area contributed by atoms with E-state index in [1.165, 1.54) is 11.3 Å². The number of anilines is 2. The third kappa shape index (κ3) is 3.08. The van der Waals surface area contributed by atoms with E-state index < -0.39 is 0 Å². The van der Waals surface area contributed by atoms with Crippen molar-refractivity contribution in [3.05, 3.63) is 53.7 Å². The van der Waals surface area contributed by atoms with E-state index in [1.807, 2.05) is 36.4 Å². The molecule has 112 valence electrons. The minimum atomic E-state index is -0.0420. The Morgan fingerprint density at radius 2 is 1.86 bits per heavy atom. The van der Waals surface area contributed by atoms with Crippen LogP contribution < -0.4 is 10.1 Å². The van der Waals surface area contributed by atoms with E-state index in [2.05, 4.69) is 15.3 Å². The zero-order valence-electron chi connectivity index (χ0n) is 12.0. The molecule has 2 heterocycles. The summed E-state index contributed by atoms with van der Waals surface area (Å²) < 4.78 is 5.14. The van der Waals surface area contributed by atoms with Crippen molar-refractivity contribution in [1.29, 1.82) is 0 Å². The molecule has 0 bridgehead atoms. The average Bonchev–Trinajstić information content (AvgIpc) is 2.99. The van der Waals surface area contributed by atoms with Crippen LogP contribution >= 0.6 is 11.3 Å². The number of ether oxygens (including phenoxy) is 1. The summed E-state index contributed by atoms with van der Waals surface area (Å²) in [5, 5.41) is 13.5. The molecule has 3 aromatic rings. The van der Waals surface area contributed by atoms with E-state index in [0.29, 0.717) is 0 Å². The summed E-state index contributed by atoms with van der Waals surface area (Å²) in [5.41, 5.74) is 2.64. The third-order valence-electron chi connectivity index (χ3n) is 3.14. The number of hydrogen-bond donors (Lipinski definition) is 2. The van der Waals surface area contributed by atoms with Gasteiger partial charge in [-0.3, -0.25) is 4.98 Å². The number of thiazole rings is 1. The first-order valence-electron chi connectivity index (χ1n) is 6.72. The Morgan fingerprint density at radius 3 is 2.50 bits per heavy atom. The van der Waals surface area contributed by atoms with Gasteiger partial charge in [-0.25, -0.2) is 4.98 Å². The quantitative estimate of drug-likeness (QED) is 0.755.